The third-order valence-electron chi connectivity index (χ3n) is 3.77. The van der Waals surface area contributed by atoms with Crippen molar-refractivity contribution in [1.82, 2.24) is 15.1 Å². The van der Waals surface area contributed by atoms with Crippen molar-refractivity contribution < 1.29 is 4.79 Å². The minimum Gasteiger partial charge on any atom is -0.368 e. The zero-order chi connectivity index (χ0) is 13.9. The Balaban J connectivity index is 1.73. The molecule has 0 aliphatic carbocycles. The molecule has 5 nitrogen and oxygen atoms in total. The van der Waals surface area contributed by atoms with E-state index in [2.05, 4.69) is 15.1 Å². The van der Waals surface area contributed by atoms with E-state index in [1.807, 2.05) is 36.4 Å². The molecule has 3 rings (SSSR count). The first kappa shape index (κ1) is 12.9. The number of primary amides is 1. The number of nitrogens with zero attached hydrogens (tertiary/aromatic N) is 2. The van der Waals surface area contributed by atoms with E-state index >= 15 is 0 Å². The van der Waals surface area contributed by atoms with Crippen LogP contribution in [0.2, 0.25) is 0 Å². The molecule has 0 unspecified atom stereocenters. The monoisotopic (exact) mass is 270 g/mol. The van der Waals surface area contributed by atoms with Crippen LogP contribution in [0.3, 0.4) is 0 Å². The van der Waals surface area contributed by atoms with Gasteiger partial charge in [-0.1, -0.05) is 30.3 Å². The zero-order valence-corrected chi connectivity index (χ0v) is 11.2. The van der Waals surface area contributed by atoms with E-state index in [4.69, 9.17) is 5.73 Å². The third kappa shape index (κ3) is 2.58. The van der Waals surface area contributed by atoms with Crippen LogP contribution < -0.4 is 5.73 Å². The molecule has 1 aliphatic rings. The van der Waals surface area contributed by atoms with Crippen LogP contribution in [0.1, 0.15) is 18.5 Å². The van der Waals surface area contributed by atoms with E-state index < -0.39 is 0 Å². The highest BCUT2D eigenvalue weighted by Crippen LogP contribution is 2.21. The second-order valence-corrected chi connectivity index (χ2v) is 5.18. The van der Waals surface area contributed by atoms with Crippen molar-refractivity contribution in [2.45, 2.75) is 25.4 Å². The summed E-state index contributed by atoms with van der Waals surface area (Å²) in [6.45, 7) is 1.60. The lowest BCUT2D eigenvalue weighted by Crippen LogP contribution is -2.39. The summed E-state index contributed by atoms with van der Waals surface area (Å²) in [5.41, 5.74) is 8.46. The average molecular weight is 270 g/mol. The molecule has 5 heteroatoms. The summed E-state index contributed by atoms with van der Waals surface area (Å²) >= 11 is 0. The Bertz CT molecular complexity index is 593. The minimum atomic E-state index is -0.231. The van der Waals surface area contributed by atoms with Crippen LogP contribution in [0.4, 0.5) is 0 Å². The number of likely N-dealkylation sites (tertiary alicyclic amines) is 1. The summed E-state index contributed by atoms with van der Waals surface area (Å²) in [7, 11) is 0. The van der Waals surface area contributed by atoms with Crippen LogP contribution in [-0.4, -0.2) is 33.6 Å². The largest absolute Gasteiger partial charge is 0.368 e. The summed E-state index contributed by atoms with van der Waals surface area (Å²) in [6, 6.07) is 11.9. The van der Waals surface area contributed by atoms with E-state index in [0.29, 0.717) is 6.54 Å². The van der Waals surface area contributed by atoms with Crippen LogP contribution in [0, 0.1) is 0 Å². The van der Waals surface area contributed by atoms with Crippen LogP contribution in [0.25, 0.3) is 11.3 Å². The molecule has 1 aliphatic heterocycles. The molecule has 3 N–H and O–H groups in total. The van der Waals surface area contributed by atoms with Gasteiger partial charge < -0.3 is 5.73 Å². The van der Waals surface area contributed by atoms with Gasteiger partial charge >= 0.3 is 0 Å². The number of hydrogen-bond acceptors (Lipinski definition) is 3. The van der Waals surface area contributed by atoms with Gasteiger partial charge in [0.05, 0.1) is 11.7 Å². The molecule has 1 atom stereocenters. The van der Waals surface area contributed by atoms with Crippen molar-refractivity contribution in [3.05, 3.63) is 42.1 Å². The topological polar surface area (TPSA) is 75.0 Å². The summed E-state index contributed by atoms with van der Waals surface area (Å²) in [6.07, 6.45) is 1.88. The van der Waals surface area contributed by atoms with E-state index in [1.54, 1.807) is 0 Å². The molecular formula is C15H18N4O. The van der Waals surface area contributed by atoms with Gasteiger partial charge in [-0.15, -0.1) is 0 Å². The first-order valence-electron chi connectivity index (χ1n) is 6.87. The molecule has 2 heterocycles. The van der Waals surface area contributed by atoms with Gasteiger partial charge in [-0.2, -0.15) is 5.10 Å². The van der Waals surface area contributed by atoms with Gasteiger partial charge in [0.15, 0.2) is 0 Å². The molecule has 0 bridgehead atoms. The van der Waals surface area contributed by atoms with Crippen LogP contribution in [0.5, 0.6) is 0 Å². The van der Waals surface area contributed by atoms with Gasteiger partial charge in [-0.3, -0.25) is 14.8 Å². The molecule has 1 amide bonds. The van der Waals surface area contributed by atoms with Crippen molar-refractivity contribution in [3.8, 4) is 11.3 Å². The maximum Gasteiger partial charge on any atom is 0.234 e. The summed E-state index contributed by atoms with van der Waals surface area (Å²) < 4.78 is 0. The Hall–Kier alpha value is -2.14. The number of carbonyl (C=O) groups is 1. The second kappa shape index (κ2) is 5.46. The van der Waals surface area contributed by atoms with Gasteiger partial charge in [0.2, 0.25) is 5.91 Å². The van der Waals surface area contributed by atoms with Crippen LogP contribution >= 0.6 is 0 Å². The van der Waals surface area contributed by atoms with Crippen molar-refractivity contribution >= 4 is 5.91 Å². The third-order valence-corrected chi connectivity index (χ3v) is 3.77. The molecule has 20 heavy (non-hydrogen) atoms. The lowest BCUT2D eigenvalue weighted by molar-refractivity contribution is -0.122. The predicted octanol–water partition coefficient (Wildman–Crippen LogP) is 1.53. The van der Waals surface area contributed by atoms with E-state index in [-0.39, 0.29) is 11.9 Å². The van der Waals surface area contributed by atoms with E-state index in [1.165, 1.54) is 0 Å². The number of rotatable bonds is 4. The number of hydrogen-bond donors (Lipinski definition) is 2. The summed E-state index contributed by atoms with van der Waals surface area (Å²) in [5.74, 6) is -0.231. The van der Waals surface area contributed by atoms with Crippen LogP contribution in [0.15, 0.2) is 36.4 Å². The maximum atomic E-state index is 11.4. The summed E-state index contributed by atoms with van der Waals surface area (Å²) in [5, 5.41) is 7.38. The molecule has 2 aromatic rings. The maximum absolute atomic E-state index is 11.4. The molecule has 0 spiro atoms. The molecule has 104 valence electrons. The van der Waals surface area contributed by atoms with Gasteiger partial charge in [-0.05, 0) is 25.5 Å². The van der Waals surface area contributed by atoms with E-state index in [0.717, 1.165) is 36.3 Å². The number of benzene rings is 1. The van der Waals surface area contributed by atoms with E-state index in [9.17, 15) is 4.79 Å². The lowest BCUT2D eigenvalue weighted by atomic mass is 10.1. The number of amides is 1. The molecule has 1 aromatic carbocycles. The quantitative estimate of drug-likeness (QED) is 0.884. The van der Waals surface area contributed by atoms with Gasteiger partial charge in [0, 0.05) is 17.8 Å². The van der Waals surface area contributed by atoms with Crippen molar-refractivity contribution in [3.63, 3.8) is 0 Å². The van der Waals surface area contributed by atoms with Gasteiger partial charge in [0.1, 0.15) is 0 Å². The number of aromatic nitrogens is 2. The molecule has 1 aromatic heterocycles. The predicted molar refractivity (Wildman–Crippen MR) is 76.7 cm³/mol. The summed E-state index contributed by atoms with van der Waals surface area (Å²) in [4.78, 5) is 13.5. The van der Waals surface area contributed by atoms with Gasteiger partial charge in [-0.25, -0.2) is 0 Å². The Labute approximate surface area is 117 Å². The fourth-order valence-corrected chi connectivity index (χ4v) is 2.76. The highest BCUT2D eigenvalue weighted by molar-refractivity contribution is 5.80. The fourth-order valence-electron chi connectivity index (χ4n) is 2.76. The number of H-pyrrole nitrogens is 1. The number of nitrogens with two attached hydrogens (primary N) is 1. The Kier molecular flexibility index (Phi) is 3.52. The first-order valence-corrected chi connectivity index (χ1v) is 6.87. The average Bonchev–Trinajstić information content (AvgIpc) is 3.09. The Morgan fingerprint density at radius 2 is 2.20 bits per heavy atom. The molecule has 0 radical (unpaired) electrons. The second-order valence-electron chi connectivity index (χ2n) is 5.18. The first-order chi connectivity index (χ1) is 9.74. The van der Waals surface area contributed by atoms with Crippen molar-refractivity contribution in [2.75, 3.05) is 6.54 Å². The number of carbonyl (C=O) groups excluding carboxylic acids is 1. The molecule has 1 fully saturated rings. The SMILES string of the molecule is NC(=O)[C@H]1CCCN1Cc1cc(-c2ccccc2)n[nH]1. The lowest BCUT2D eigenvalue weighted by Gasteiger charge is -2.20. The minimum absolute atomic E-state index is 0.140. The van der Waals surface area contributed by atoms with Crippen LogP contribution in [-0.2, 0) is 11.3 Å². The standard InChI is InChI=1S/C15H18N4O/c16-15(20)14-7-4-8-19(14)10-12-9-13(18-17-12)11-5-2-1-3-6-11/h1-3,5-6,9,14H,4,7-8,10H2,(H2,16,20)(H,17,18)/t14-/m1/s1. The number of nitrogens with one attached hydrogen (secondary N) is 1. The molecule has 1 saturated heterocycles. The highest BCUT2D eigenvalue weighted by atomic mass is 16.1. The number of aromatic amines is 1. The fraction of sp³-hybridized carbons (Fsp3) is 0.333. The smallest absolute Gasteiger partial charge is 0.234 e. The van der Waals surface area contributed by atoms with Gasteiger partial charge in [0.25, 0.3) is 0 Å². The normalized spacial score (nSPS) is 19.3. The highest BCUT2D eigenvalue weighted by Gasteiger charge is 2.29. The Morgan fingerprint density at radius 1 is 1.40 bits per heavy atom. The molecule has 0 saturated carbocycles. The zero-order valence-electron chi connectivity index (χ0n) is 11.2. The Morgan fingerprint density at radius 3 is 2.95 bits per heavy atom. The van der Waals surface area contributed by atoms with Crippen molar-refractivity contribution in [1.29, 1.82) is 0 Å². The molecular weight excluding hydrogens is 252 g/mol. The van der Waals surface area contributed by atoms with Crippen molar-refractivity contribution in [2.24, 2.45) is 5.73 Å².